The number of anilines is 1. The van der Waals surface area contributed by atoms with Crippen molar-refractivity contribution in [2.45, 2.75) is 6.54 Å². The molecule has 0 bridgehead atoms. The van der Waals surface area contributed by atoms with E-state index in [9.17, 15) is 9.65 Å². The number of H-pyrrole nitrogens is 1. The number of hydrogen-bond donors (Lipinski definition) is 3. The lowest BCUT2D eigenvalue weighted by molar-refractivity contribution is 0.212. The van der Waals surface area contributed by atoms with Crippen molar-refractivity contribution < 1.29 is 4.39 Å². The highest BCUT2D eigenvalue weighted by atomic mass is 19.1. The predicted molar refractivity (Wildman–Crippen MR) is 134 cm³/mol. The number of rotatable bonds is 4. The van der Waals surface area contributed by atoms with Gasteiger partial charge in [0, 0.05) is 56.9 Å². The molecular formula is C24H27FN10. The average Bonchev–Trinajstić information content (AvgIpc) is 3.45. The molecule has 1 saturated heterocycles. The first kappa shape index (κ1) is 22.6. The Balaban J connectivity index is 1.48. The Morgan fingerprint density at radius 3 is 2.74 bits per heavy atom. The second-order valence-corrected chi connectivity index (χ2v) is 8.72. The van der Waals surface area contributed by atoms with Crippen LogP contribution in [0.25, 0.3) is 33.3 Å². The maximum absolute atomic E-state index is 14.6. The largest absolute Gasteiger partial charge is 0.371 e. The van der Waals surface area contributed by atoms with Crippen molar-refractivity contribution in [3.63, 3.8) is 0 Å². The summed E-state index contributed by atoms with van der Waals surface area (Å²) in [5.41, 5.74) is 4.58. The van der Waals surface area contributed by atoms with Crippen molar-refractivity contribution in [2.24, 2.45) is 12.0 Å². The van der Waals surface area contributed by atoms with E-state index < -0.39 is 0 Å². The van der Waals surface area contributed by atoms with Crippen LogP contribution in [0.3, 0.4) is 0 Å². The van der Waals surface area contributed by atoms with Crippen LogP contribution in [0.15, 0.2) is 35.6 Å². The minimum Gasteiger partial charge on any atom is -0.371 e. The molecule has 1 aliphatic rings. The van der Waals surface area contributed by atoms with Crippen molar-refractivity contribution in [1.82, 2.24) is 34.6 Å². The highest BCUT2D eigenvalue weighted by Crippen LogP contribution is 2.32. The van der Waals surface area contributed by atoms with E-state index in [1.165, 1.54) is 12.1 Å². The zero-order valence-corrected chi connectivity index (χ0v) is 19.9. The molecule has 10 nitrogen and oxygen atoms in total. The predicted octanol–water partition coefficient (Wildman–Crippen LogP) is 2.47. The summed E-state index contributed by atoms with van der Waals surface area (Å²) in [6.45, 7) is 3.58. The number of pyridine rings is 1. The molecule has 0 aliphatic carbocycles. The molecule has 4 aromatic rings. The van der Waals surface area contributed by atoms with Crippen molar-refractivity contribution in [2.75, 3.05) is 45.6 Å². The minimum absolute atomic E-state index is 0.246. The van der Waals surface area contributed by atoms with E-state index in [-0.39, 0.29) is 12.4 Å². The molecule has 5 rings (SSSR count). The third kappa shape index (κ3) is 4.36. The van der Waals surface area contributed by atoms with E-state index in [0.717, 1.165) is 48.3 Å². The third-order valence-corrected chi connectivity index (χ3v) is 6.32. The zero-order valence-electron chi connectivity index (χ0n) is 19.9. The monoisotopic (exact) mass is 474 g/mol. The highest BCUT2D eigenvalue weighted by molar-refractivity contribution is 6.07. The van der Waals surface area contributed by atoms with Crippen molar-refractivity contribution in [1.29, 1.82) is 5.26 Å². The van der Waals surface area contributed by atoms with Crippen LogP contribution in [0.5, 0.6) is 0 Å². The van der Waals surface area contributed by atoms with Crippen LogP contribution < -0.4 is 10.6 Å². The smallest absolute Gasteiger partial charge is 0.207 e. The summed E-state index contributed by atoms with van der Waals surface area (Å²) in [6, 6.07) is 6.85. The molecule has 11 heteroatoms. The molecule has 0 saturated carbocycles. The van der Waals surface area contributed by atoms with Crippen molar-refractivity contribution >= 4 is 33.8 Å². The first-order valence-corrected chi connectivity index (χ1v) is 11.4. The molecule has 3 aromatic heterocycles. The number of nitriles is 1. The molecule has 1 aliphatic heterocycles. The molecule has 0 amide bonds. The number of halogens is 1. The lowest BCUT2D eigenvalue weighted by Crippen LogP contribution is -2.50. The van der Waals surface area contributed by atoms with Crippen LogP contribution in [0.2, 0.25) is 0 Å². The van der Waals surface area contributed by atoms with Gasteiger partial charge in [0.05, 0.1) is 18.4 Å². The fourth-order valence-corrected chi connectivity index (χ4v) is 4.48. The number of aromatic amines is 1. The Kier molecular flexibility index (Phi) is 5.96. The van der Waals surface area contributed by atoms with Crippen LogP contribution in [0.1, 0.15) is 5.56 Å². The van der Waals surface area contributed by atoms with Crippen LogP contribution in [0.4, 0.5) is 10.2 Å². The molecule has 35 heavy (non-hydrogen) atoms. The molecule has 0 spiro atoms. The molecule has 0 unspecified atom stereocenters. The summed E-state index contributed by atoms with van der Waals surface area (Å²) in [5.74, 6) is 0.840. The number of likely N-dealkylation sites (N-methyl/N-ethyl adjacent to an activating group) is 1. The number of piperazine rings is 1. The fraction of sp³-hybridized carbons (Fsp3) is 0.333. The minimum atomic E-state index is -0.352. The number of imidazole rings is 1. The topological polar surface area (TPSA) is 113 Å². The Morgan fingerprint density at radius 2 is 2.00 bits per heavy atom. The first-order chi connectivity index (χ1) is 17.0. The number of fused-ring (bicyclic) bond motifs is 3. The number of guanidine groups is 1. The van der Waals surface area contributed by atoms with Crippen LogP contribution in [-0.4, -0.2) is 75.6 Å². The summed E-state index contributed by atoms with van der Waals surface area (Å²) in [7, 11) is 5.81. The van der Waals surface area contributed by atoms with Gasteiger partial charge in [0.2, 0.25) is 5.96 Å². The normalized spacial score (nSPS) is 15.1. The van der Waals surface area contributed by atoms with Crippen LogP contribution in [0, 0.1) is 17.3 Å². The fourth-order valence-electron chi connectivity index (χ4n) is 4.48. The average molecular weight is 475 g/mol. The van der Waals surface area contributed by atoms with E-state index in [1.807, 2.05) is 41.9 Å². The Labute approximate surface area is 202 Å². The van der Waals surface area contributed by atoms with Crippen molar-refractivity contribution in [3.05, 3.63) is 42.0 Å². The van der Waals surface area contributed by atoms with Crippen LogP contribution in [-0.2, 0) is 13.6 Å². The summed E-state index contributed by atoms with van der Waals surface area (Å²) < 4.78 is 16.6. The number of aryl methyl sites for hydroxylation is 1. The first-order valence-electron chi connectivity index (χ1n) is 11.4. The second kappa shape index (κ2) is 9.23. The van der Waals surface area contributed by atoms with E-state index in [2.05, 4.69) is 42.5 Å². The SMILES string of the molecule is CNc1nc2[nH]c(-c3cc(F)cc(CN=C(NC#N)N4CCN(C)CC4)c3)cc2c2c1ncn2C. The van der Waals surface area contributed by atoms with Crippen molar-refractivity contribution in [3.8, 4) is 17.5 Å². The van der Waals surface area contributed by atoms with E-state index in [4.69, 9.17) is 0 Å². The summed E-state index contributed by atoms with van der Waals surface area (Å²) in [5, 5.41) is 15.9. The number of hydrogen-bond acceptors (Lipinski definition) is 6. The number of benzene rings is 1. The summed E-state index contributed by atoms with van der Waals surface area (Å²) >= 11 is 0. The quantitative estimate of drug-likeness (QED) is 0.180. The van der Waals surface area contributed by atoms with Gasteiger partial charge in [-0.3, -0.25) is 5.32 Å². The second-order valence-electron chi connectivity index (χ2n) is 8.72. The van der Waals surface area contributed by atoms with Gasteiger partial charge in [-0.15, -0.1) is 0 Å². The van der Waals surface area contributed by atoms with E-state index >= 15 is 0 Å². The highest BCUT2D eigenvalue weighted by Gasteiger charge is 2.18. The third-order valence-electron chi connectivity index (χ3n) is 6.32. The number of aliphatic imine (C=N–C) groups is 1. The van der Waals surface area contributed by atoms with Gasteiger partial charge in [-0.2, -0.15) is 5.26 Å². The maximum atomic E-state index is 14.6. The number of nitrogens with zero attached hydrogens (tertiary/aromatic N) is 7. The molecule has 3 N–H and O–H groups in total. The Bertz CT molecular complexity index is 1450. The van der Waals surface area contributed by atoms with E-state index in [0.29, 0.717) is 28.6 Å². The van der Waals surface area contributed by atoms with Gasteiger partial charge in [0.1, 0.15) is 17.0 Å². The lowest BCUT2D eigenvalue weighted by atomic mass is 10.1. The van der Waals surface area contributed by atoms with Gasteiger partial charge in [0.15, 0.2) is 12.0 Å². The Hall–Kier alpha value is -4.17. The molecule has 0 atom stereocenters. The van der Waals surface area contributed by atoms with Gasteiger partial charge < -0.3 is 24.7 Å². The molecular weight excluding hydrogens is 447 g/mol. The van der Waals surface area contributed by atoms with Gasteiger partial charge >= 0.3 is 0 Å². The summed E-state index contributed by atoms with van der Waals surface area (Å²) in [4.78, 5) is 21.3. The molecule has 4 heterocycles. The number of nitrogens with one attached hydrogen (secondary N) is 3. The lowest BCUT2D eigenvalue weighted by Gasteiger charge is -2.33. The standard InChI is InChI=1S/C24H27FN10/c1-27-23-20-21(34(3)14-30-20)18-11-19(31-22(18)32-23)16-8-15(9-17(25)10-16)12-28-24(29-13-26)35-6-4-33(2)5-7-35/h8-11,14H,4-7,12H2,1-3H3,(H,28,29)(H2,27,31,32). The van der Waals surface area contributed by atoms with Gasteiger partial charge in [-0.25, -0.2) is 19.4 Å². The maximum Gasteiger partial charge on any atom is 0.207 e. The molecule has 180 valence electrons. The Morgan fingerprint density at radius 1 is 1.20 bits per heavy atom. The van der Waals surface area contributed by atoms with Gasteiger partial charge in [-0.1, -0.05) is 0 Å². The van der Waals surface area contributed by atoms with Crippen LogP contribution >= 0.6 is 0 Å². The number of aromatic nitrogens is 4. The summed E-state index contributed by atoms with van der Waals surface area (Å²) in [6.07, 6.45) is 3.72. The zero-order chi connectivity index (χ0) is 24.5. The molecule has 1 aromatic carbocycles. The molecule has 0 radical (unpaired) electrons. The van der Waals surface area contributed by atoms with Gasteiger partial charge in [0.25, 0.3) is 0 Å². The molecule has 1 fully saturated rings. The van der Waals surface area contributed by atoms with Gasteiger partial charge in [-0.05, 0) is 36.9 Å². The van der Waals surface area contributed by atoms with E-state index in [1.54, 1.807) is 6.33 Å².